The molecule has 0 bridgehead atoms. The predicted octanol–water partition coefficient (Wildman–Crippen LogP) is 0.816. The molecule has 10 nitrogen and oxygen atoms in total. The Morgan fingerprint density at radius 2 is 1.84 bits per heavy atom. The van der Waals surface area contributed by atoms with Gasteiger partial charge in [-0.25, -0.2) is 9.10 Å². The van der Waals surface area contributed by atoms with Crippen molar-refractivity contribution in [3.63, 3.8) is 0 Å². The molecule has 0 spiro atoms. The smallest absolute Gasteiger partial charge is 0.336 e. The number of unbranched alkanes of at least 4 members (excludes halogenated alkanes) is 1. The Morgan fingerprint density at radius 3 is 2.45 bits per heavy atom. The molecule has 1 aliphatic heterocycles. The number of hydrogen-bond acceptors (Lipinski definition) is 6. The summed E-state index contributed by atoms with van der Waals surface area (Å²) in [5.74, 6) is -1.83. The molecule has 0 aliphatic carbocycles. The first-order valence-electron chi connectivity index (χ1n) is 9.59. The van der Waals surface area contributed by atoms with E-state index < -0.39 is 28.3 Å². The first-order chi connectivity index (χ1) is 14.7. The highest BCUT2D eigenvalue weighted by Crippen LogP contribution is 2.32. The van der Waals surface area contributed by atoms with Crippen molar-refractivity contribution in [2.45, 2.75) is 25.5 Å². The van der Waals surface area contributed by atoms with Gasteiger partial charge in [0, 0.05) is 6.54 Å². The van der Waals surface area contributed by atoms with Crippen LogP contribution in [0.25, 0.3) is 0 Å². The van der Waals surface area contributed by atoms with Crippen LogP contribution in [0.15, 0.2) is 42.5 Å². The van der Waals surface area contributed by atoms with Gasteiger partial charge in [-0.15, -0.1) is 0 Å². The number of nitrogens with one attached hydrogen (secondary N) is 2. The molecule has 2 aromatic carbocycles. The number of phenolic OH excluding ortho intramolecular Hbond substituents is 1. The van der Waals surface area contributed by atoms with E-state index in [0.29, 0.717) is 25.8 Å². The molecule has 1 saturated heterocycles. The minimum absolute atomic E-state index is 0.0571. The number of carbonyl (C=O) groups excluding carboxylic acids is 1. The summed E-state index contributed by atoms with van der Waals surface area (Å²) in [5.41, 5.74) is 0.913. The second-order valence-corrected chi connectivity index (χ2v) is 8.68. The second-order valence-electron chi connectivity index (χ2n) is 7.06. The van der Waals surface area contributed by atoms with Crippen LogP contribution in [0.4, 0.5) is 5.69 Å². The molecule has 0 radical (unpaired) electrons. The highest BCUT2D eigenvalue weighted by Gasteiger charge is 2.35. The lowest BCUT2D eigenvalue weighted by Gasteiger charge is -2.17. The summed E-state index contributed by atoms with van der Waals surface area (Å²) in [5, 5.41) is 31.6. The van der Waals surface area contributed by atoms with Crippen LogP contribution < -0.4 is 14.3 Å². The third kappa shape index (κ3) is 5.32. The van der Waals surface area contributed by atoms with Gasteiger partial charge in [0.05, 0.1) is 23.4 Å². The first-order valence-corrected chi connectivity index (χ1v) is 11.0. The maximum absolute atomic E-state index is 12.2. The summed E-state index contributed by atoms with van der Waals surface area (Å²) in [6.45, 7) is 0.159. The van der Waals surface area contributed by atoms with Crippen molar-refractivity contribution in [1.82, 2.24) is 10.0 Å². The number of aliphatic hydroxyl groups excluding tert-OH is 1. The van der Waals surface area contributed by atoms with Gasteiger partial charge >= 0.3 is 16.2 Å². The number of carbonyl (C=O) groups is 2. The van der Waals surface area contributed by atoms with Crippen molar-refractivity contribution in [2.24, 2.45) is 0 Å². The van der Waals surface area contributed by atoms with Crippen LogP contribution in [0.5, 0.6) is 5.75 Å². The molecule has 11 heteroatoms. The number of benzene rings is 2. The molecule has 3 rings (SSSR count). The predicted molar refractivity (Wildman–Crippen MR) is 112 cm³/mol. The summed E-state index contributed by atoms with van der Waals surface area (Å²) >= 11 is 0. The fourth-order valence-electron chi connectivity index (χ4n) is 3.31. The molecule has 0 aromatic heterocycles. The number of hydrogen-bond donors (Lipinski definition) is 5. The average Bonchev–Trinajstić information content (AvgIpc) is 2.99. The molecule has 1 amide bonds. The number of aromatic carboxylic acids is 1. The van der Waals surface area contributed by atoms with Gasteiger partial charge in [-0.2, -0.15) is 13.1 Å². The number of aliphatic hydroxyl groups is 1. The minimum Gasteiger partial charge on any atom is -0.506 e. The molecule has 1 atom stereocenters. The Bertz CT molecular complexity index is 1090. The van der Waals surface area contributed by atoms with Gasteiger partial charge < -0.3 is 20.6 Å². The van der Waals surface area contributed by atoms with Gasteiger partial charge in [-0.05, 0) is 49.1 Å². The number of amides is 1. The zero-order chi connectivity index (χ0) is 22.6. The summed E-state index contributed by atoms with van der Waals surface area (Å²) in [6, 6.07) is 10.6. The normalized spacial score (nSPS) is 17.5. The maximum Gasteiger partial charge on any atom is 0.336 e. The number of rotatable bonds is 8. The zero-order valence-electron chi connectivity index (χ0n) is 16.5. The van der Waals surface area contributed by atoms with Crippen molar-refractivity contribution in [3.8, 4) is 5.75 Å². The Balaban J connectivity index is 1.50. The topological polar surface area (TPSA) is 156 Å². The summed E-state index contributed by atoms with van der Waals surface area (Å²) in [6.07, 6.45) is 0.659. The standard InChI is InChI=1S/C20H23N3O7S/c24-17-11-13(8-9-16(17)23-12-18(25)22-31(23,29)30)5-3-4-10-21-19(26)14-6-1-2-7-15(14)20(27)28/h1-2,6-9,11,18,22,24-25H,3-5,10,12H2,(H,21,26)(H,27,28). The van der Waals surface area contributed by atoms with Crippen LogP contribution in [-0.4, -0.2) is 54.9 Å². The number of carboxylic acid groups (broad SMARTS) is 1. The van der Waals surface area contributed by atoms with Crippen molar-refractivity contribution < 1.29 is 33.3 Å². The SMILES string of the molecule is O=C(O)c1ccccc1C(=O)NCCCCc1ccc(N2CC(O)NS2(=O)=O)c(O)c1. The third-order valence-electron chi connectivity index (χ3n) is 4.80. The van der Waals surface area contributed by atoms with Gasteiger partial charge in [0.15, 0.2) is 0 Å². The largest absolute Gasteiger partial charge is 0.506 e. The lowest BCUT2D eigenvalue weighted by molar-refractivity contribution is 0.0691. The average molecular weight is 449 g/mol. The molecular formula is C20H23N3O7S. The number of phenols is 1. The minimum atomic E-state index is -3.89. The zero-order valence-corrected chi connectivity index (χ0v) is 17.3. The number of aromatic hydroxyl groups is 1. The van der Waals surface area contributed by atoms with Gasteiger partial charge in [-0.1, -0.05) is 18.2 Å². The maximum atomic E-state index is 12.2. The van der Waals surface area contributed by atoms with Crippen LogP contribution in [0.2, 0.25) is 0 Å². The van der Waals surface area contributed by atoms with Crippen LogP contribution in [-0.2, 0) is 16.6 Å². The van der Waals surface area contributed by atoms with Gasteiger partial charge in [0.1, 0.15) is 12.0 Å². The Morgan fingerprint density at radius 1 is 1.13 bits per heavy atom. The number of anilines is 1. The monoisotopic (exact) mass is 449 g/mol. The van der Waals surface area contributed by atoms with E-state index in [1.54, 1.807) is 18.2 Å². The molecule has 166 valence electrons. The van der Waals surface area contributed by atoms with E-state index in [-0.39, 0.29) is 29.1 Å². The van der Waals surface area contributed by atoms with Crippen molar-refractivity contribution >= 4 is 27.8 Å². The van der Waals surface area contributed by atoms with Crippen LogP contribution in [0, 0.1) is 0 Å². The lowest BCUT2D eigenvalue weighted by atomic mass is 10.1. The molecule has 2 aromatic rings. The summed E-state index contributed by atoms with van der Waals surface area (Å²) in [4.78, 5) is 23.4. The number of aryl methyl sites for hydroxylation is 1. The molecule has 31 heavy (non-hydrogen) atoms. The molecule has 5 N–H and O–H groups in total. The molecular weight excluding hydrogens is 426 g/mol. The highest BCUT2D eigenvalue weighted by molar-refractivity contribution is 7.91. The molecule has 1 aliphatic rings. The van der Waals surface area contributed by atoms with E-state index in [9.17, 15) is 28.2 Å². The van der Waals surface area contributed by atoms with E-state index in [0.717, 1.165) is 9.87 Å². The fraction of sp³-hybridized carbons (Fsp3) is 0.300. The molecule has 1 unspecified atom stereocenters. The fourth-order valence-corrected chi connectivity index (χ4v) is 4.61. The first kappa shape index (κ1) is 22.5. The third-order valence-corrected chi connectivity index (χ3v) is 6.30. The van der Waals surface area contributed by atoms with E-state index in [1.165, 1.54) is 24.3 Å². The number of carboxylic acids is 1. The van der Waals surface area contributed by atoms with E-state index in [2.05, 4.69) is 5.32 Å². The van der Waals surface area contributed by atoms with Gasteiger partial charge in [0.25, 0.3) is 5.91 Å². The highest BCUT2D eigenvalue weighted by atomic mass is 32.2. The van der Waals surface area contributed by atoms with Gasteiger partial charge in [-0.3, -0.25) is 4.79 Å². The van der Waals surface area contributed by atoms with E-state index >= 15 is 0 Å². The number of nitrogens with zero attached hydrogens (tertiary/aromatic N) is 1. The van der Waals surface area contributed by atoms with E-state index in [1.807, 2.05) is 4.72 Å². The Hall–Kier alpha value is -3.15. The lowest BCUT2D eigenvalue weighted by Crippen LogP contribution is -2.30. The van der Waals surface area contributed by atoms with Gasteiger partial charge in [0.2, 0.25) is 0 Å². The van der Waals surface area contributed by atoms with Crippen molar-refractivity contribution in [2.75, 3.05) is 17.4 Å². The Kier molecular flexibility index (Phi) is 6.78. The van der Waals surface area contributed by atoms with Crippen LogP contribution >= 0.6 is 0 Å². The quantitative estimate of drug-likeness (QED) is 0.373. The second kappa shape index (κ2) is 9.33. The van der Waals surface area contributed by atoms with Crippen LogP contribution in [0.3, 0.4) is 0 Å². The Labute approximate surface area is 179 Å². The van der Waals surface area contributed by atoms with E-state index in [4.69, 9.17) is 5.11 Å². The molecule has 0 saturated carbocycles. The summed E-state index contributed by atoms with van der Waals surface area (Å²) < 4.78 is 26.8. The number of β-amino-alcohol motifs (C(OH)–C–C–N with tert-alkyl or cyclic N) is 1. The van der Waals surface area contributed by atoms with Crippen molar-refractivity contribution in [3.05, 3.63) is 59.2 Å². The van der Waals surface area contributed by atoms with Crippen molar-refractivity contribution in [1.29, 1.82) is 0 Å². The molecule has 1 heterocycles. The molecule has 1 fully saturated rings. The van der Waals surface area contributed by atoms with Crippen LogP contribution in [0.1, 0.15) is 39.1 Å². The summed E-state index contributed by atoms with van der Waals surface area (Å²) in [7, 11) is -3.89.